The first kappa shape index (κ1) is 35.3. The number of aliphatic imine (C=N–C) groups is 1. The summed E-state index contributed by atoms with van der Waals surface area (Å²) >= 11 is 0. The Labute approximate surface area is 268 Å². The van der Waals surface area contributed by atoms with Gasteiger partial charge in [-0.2, -0.15) is 0 Å². The van der Waals surface area contributed by atoms with Gasteiger partial charge in [0.2, 0.25) is 18.1 Å². The zero-order valence-corrected chi connectivity index (χ0v) is 25.7. The van der Waals surface area contributed by atoms with Crippen molar-refractivity contribution in [3.05, 3.63) is 108 Å². The first-order chi connectivity index (χ1) is 22.3. The molecule has 3 aromatic carbocycles. The largest absolute Gasteiger partial charge is 0.478 e. The molecular weight excluding hydrogens is 592 g/mol. The minimum Gasteiger partial charge on any atom is -0.478 e. The monoisotopic (exact) mass is 632 g/mol. The van der Waals surface area contributed by atoms with Gasteiger partial charge in [-0.1, -0.05) is 104 Å². The first-order valence-electron chi connectivity index (χ1n) is 15.0. The Morgan fingerprint density at radius 3 is 1.74 bits per heavy atom. The number of unbranched alkanes of at least 4 members (excludes halogenated alkanes) is 3. The van der Waals surface area contributed by atoms with Crippen molar-refractivity contribution in [3.63, 3.8) is 0 Å². The number of carbonyl (C=O) groups excluding carboxylic acids is 3. The molecule has 0 spiro atoms. The molecule has 3 aromatic rings. The maximum absolute atomic E-state index is 12.4. The van der Waals surface area contributed by atoms with Crippen LogP contribution in [0.1, 0.15) is 61.8 Å². The van der Waals surface area contributed by atoms with Gasteiger partial charge in [-0.15, -0.1) is 0 Å². The molecule has 0 aliphatic heterocycles. The second-order valence-corrected chi connectivity index (χ2v) is 10.2. The van der Waals surface area contributed by atoms with E-state index in [0.717, 1.165) is 16.7 Å². The van der Waals surface area contributed by atoms with Crippen LogP contribution < -0.4 is 16.0 Å². The summed E-state index contributed by atoms with van der Waals surface area (Å²) in [6.45, 7) is 2.07. The van der Waals surface area contributed by atoms with E-state index in [-0.39, 0.29) is 32.1 Å². The van der Waals surface area contributed by atoms with Crippen LogP contribution in [0.2, 0.25) is 0 Å². The summed E-state index contributed by atoms with van der Waals surface area (Å²) in [6, 6.07) is 27.4. The zero-order chi connectivity index (χ0) is 33.0. The summed E-state index contributed by atoms with van der Waals surface area (Å²) in [5, 5.41) is 16.8. The Kier molecular flexibility index (Phi) is 15.3. The van der Waals surface area contributed by atoms with E-state index in [1.165, 1.54) is 0 Å². The molecule has 4 N–H and O–H groups in total. The van der Waals surface area contributed by atoms with Crippen molar-refractivity contribution in [1.29, 1.82) is 0 Å². The summed E-state index contributed by atoms with van der Waals surface area (Å²) in [5.74, 6) is -1.82. The summed E-state index contributed by atoms with van der Waals surface area (Å²) in [7, 11) is 0. The number of aliphatic carboxylic acids is 1. The minimum atomic E-state index is -1.46. The lowest BCUT2D eigenvalue weighted by Crippen LogP contribution is -2.44. The summed E-state index contributed by atoms with van der Waals surface area (Å²) < 4.78 is 16.0. The SMILES string of the molecule is C[C@H](OC(NC(=O)CCCCCCN=C(NC(=O)OCc1ccccc1)NC(=O)OCc1ccccc1)C(=O)O)c1ccccc1. The molecule has 0 radical (unpaired) electrons. The maximum Gasteiger partial charge on any atom is 0.414 e. The summed E-state index contributed by atoms with van der Waals surface area (Å²) in [6.07, 6.45) is -0.939. The maximum atomic E-state index is 12.4. The number of alkyl carbamates (subject to hydrolysis) is 2. The minimum absolute atomic E-state index is 0.0391. The Hall–Kier alpha value is -5.23. The van der Waals surface area contributed by atoms with Gasteiger partial charge in [0.25, 0.3) is 0 Å². The number of nitrogens with zero attached hydrogens (tertiary/aromatic N) is 1. The third-order valence-corrected chi connectivity index (χ3v) is 6.57. The lowest BCUT2D eigenvalue weighted by Gasteiger charge is -2.20. The number of carboxylic acid groups (broad SMARTS) is 1. The lowest BCUT2D eigenvalue weighted by molar-refractivity contribution is -0.160. The smallest absolute Gasteiger partial charge is 0.414 e. The number of benzene rings is 3. The van der Waals surface area contributed by atoms with Gasteiger partial charge in [-0.05, 0) is 36.5 Å². The van der Waals surface area contributed by atoms with E-state index in [1.54, 1.807) is 6.92 Å². The van der Waals surface area contributed by atoms with Crippen molar-refractivity contribution in [1.82, 2.24) is 16.0 Å². The number of carboxylic acids is 1. The van der Waals surface area contributed by atoms with Crippen molar-refractivity contribution in [2.75, 3.05) is 6.54 Å². The molecule has 0 saturated heterocycles. The molecule has 0 saturated carbocycles. The topological polar surface area (TPSA) is 165 Å². The molecule has 1 unspecified atom stereocenters. The van der Waals surface area contributed by atoms with E-state index in [1.807, 2.05) is 91.0 Å². The van der Waals surface area contributed by atoms with Crippen molar-refractivity contribution in [2.24, 2.45) is 4.99 Å². The highest BCUT2D eigenvalue weighted by Gasteiger charge is 2.23. The number of carbonyl (C=O) groups is 4. The van der Waals surface area contributed by atoms with Gasteiger partial charge in [-0.25, -0.2) is 14.4 Å². The lowest BCUT2D eigenvalue weighted by atomic mass is 10.1. The van der Waals surface area contributed by atoms with Crippen molar-refractivity contribution in [3.8, 4) is 0 Å². The van der Waals surface area contributed by atoms with Crippen LogP contribution in [0.5, 0.6) is 0 Å². The molecule has 0 fully saturated rings. The highest BCUT2D eigenvalue weighted by atomic mass is 16.6. The van der Waals surface area contributed by atoms with E-state index in [2.05, 4.69) is 20.9 Å². The van der Waals surface area contributed by atoms with Crippen LogP contribution in [0.15, 0.2) is 96.0 Å². The Morgan fingerprint density at radius 1 is 0.717 bits per heavy atom. The van der Waals surface area contributed by atoms with E-state index >= 15 is 0 Å². The van der Waals surface area contributed by atoms with Crippen LogP contribution in [-0.2, 0) is 37.0 Å². The number of amides is 3. The van der Waals surface area contributed by atoms with Crippen molar-refractivity contribution >= 4 is 30.0 Å². The number of guanidine groups is 1. The van der Waals surface area contributed by atoms with E-state index in [4.69, 9.17) is 14.2 Å². The molecule has 12 nitrogen and oxygen atoms in total. The highest BCUT2D eigenvalue weighted by Crippen LogP contribution is 2.17. The number of nitrogens with one attached hydrogen (secondary N) is 3. The van der Waals surface area contributed by atoms with Crippen LogP contribution in [0.4, 0.5) is 9.59 Å². The molecule has 244 valence electrons. The van der Waals surface area contributed by atoms with Crippen LogP contribution in [0, 0.1) is 0 Å². The molecule has 3 amide bonds. The average molecular weight is 633 g/mol. The van der Waals surface area contributed by atoms with Crippen molar-refractivity contribution < 1.29 is 38.5 Å². The van der Waals surface area contributed by atoms with E-state index in [9.17, 15) is 24.3 Å². The quantitative estimate of drug-likeness (QED) is 0.0701. The third-order valence-electron chi connectivity index (χ3n) is 6.57. The molecular formula is C34H40N4O8. The van der Waals surface area contributed by atoms with Gasteiger partial charge < -0.3 is 24.6 Å². The molecule has 12 heteroatoms. The normalized spacial score (nSPS) is 11.8. The number of hydrogen-bond donors (Lipinski definition) is 4. The zero-order valence-electron chi connectivity index (χ0n) is 25.7. The molecule has 3 rings (SSSR count). The molecule has 0 aliphatic carbocycles. The van der Waals surface area contributed by atoms with Crippen LogP contribution in [0.3, 0.4) is 0 Å². The van der Waals surface area contributed by atoms with Crippen LogP contribution in [-0.4, -0.2) is 47.9 Å². The molecule has 0 heterocycles. The van der Waals surface area contributed by atoms with Gasteiger partial charge in [0, 0.05) is 13.0 Å². The average Bonchev–Trinajstić information content (AvgIpc) is 3.06. The molecule has 2 atom stereocenters. The Bertz CT molecular complexity index is 1340. The molecule has 46 heavy (non-hydrogen) atoms. The van der Waals surface area contributed by atoms with Gasteiger partial charge in [0.05, 0.1) is 6.10 Å². The predicted molar refractivity (Wildman–Crippen MR) is 170 cm³/mol. The number of ether oxygens (including phenoxy) is 3. The second-order valence-electron chi connectivity index (χ2n) is 10.2. The summed E-state index contributed by atoms with van der Waals surface area (Å²) in [4.78, 5) is 53.0. The first-order valence-corrected chi connectivity index (χ1v) is 15.0. The van der Waals surface area contributed by atoms with Gasteiger partial charge in [0.15, 0.2) is 0 Å². The number of hydrogen-bond acceptors (Lipinski definition) is 8. The summed E-state index contributed by atoms with van der Waals surface area (Å²) in [5.41, 5.74) is 2.40. The highest BCUT2D eigenvalue weighted by molar-refractivity contribution is 6.01. The fourth-order valence-electron chi connectivity index (χ4n) is 4.14. The van der Waals surface area contributed by atoms with Gasteiger partial charge in [0.1, 0.15) is 13.2 Å². The van der Waals surface area contributed by atoms with Crippen LogP contribution >= 0.6 is 0 Å². The fourth-order valence-corrected chi connectivity index (χ4v) is 4.14. The number of rotatable bonds is 16. The third kappa shape index (κ3) is 14.0. The molecule has 0 bridgehead atoms. The van der Waals surface area contributed by atoms with Crippen LogP contribution in [0.25, 0.3) is 0 Å². The van der Waals surface area contributed by atoms with Crippen molar-refractivity contribution in [2.45, 2.75) is 64.6 Å². The van der Waals surface area contributed by atoms with E-state index < -0.39 is 36.4 Å². The Balaban J connectivity index is 1.41. The standard InChI is InChI=1S/C34H40N4O8/c1-25(28-19-11-6-12-20-28)46-30(31(40)41)36-29(39)21-13-2-3-14-22-35-32(37-33(42)44-23-26-15-7-4-8-16-26)38-34(43)45-24-27-17-9-5-10-18-27/h4-12,15-20,25,30H,2-3,13-14,21-24H2,1H3,(H,36,39)(H,40,41)(H2,35,37,38,42,43)/t25-,30?/m0/s1. The fraction of sp³-hybridized carbons (Fsp3) is 0.324. The second kappa shape index (κ2) is 19.9. The van der Waals surface area contributed by atoms with E-state index in [0.29, 0.717) is 25.7 Å². The van der Waals surface area contributed by atoms with Gasteiger partial charge in [-0.3, -0.25) is 20.4 Å². The molecule has 0 aliphatic rings. The molecule has 0 aromatic heterocycles. The van der Waals surface area contributed by atoms with Gasteiger partial charge >= 0.3 is 18.2 Å². The Morgan fingerprint density at radius 2 is 1.22 bits per heavy atom. The predicted octanol–water partition coefficient (Wildman–Crippen LogP) is 5.45.